The van der Waals surface area contributed by atoms with Crippen LogP contribution in [-0.2, 0) is 4.79 Å². The Morgan fingerprint density at radius 2 is 2.33 bits per heavy atom. The first-order valence-corrected chi connectivity index (χ1v) is 4.37. The number of carbonyl (C=O) groups excluding carboxylic acids is 1. The van der Waals surface area contributed by atoms with Gasteiger partial charge in [0.2, 0.25) is 0 Å². The van der Waals surface area contributed by atoms with Crippen molar-refractivity contribution < 1.29 is 4.79 Å². The minimum atomic E-state index is -0.283. The zero-order chi connectivity index (χ0) is 8.60. The van der Waals surface area contributed by atoms with Crippen LogP contribution in [0.15, 0.2) is 24.3 Å². The number of nitrogens with zero attached hydrogens (tertiary/aromatic N) is 1. The summed E-state index contributed by atoms with van der Waals surface area (Å²) in [5.41, 5.74) is -0.283. The van der Waals surface area contributed by atoms with Crippen molar-refractivity contribution in [2.75, 3.05) is 13.6 Å². The summed E-state index contributed by atoms with van der Waals surface area (Å²) in [5, 5.41) is 0. The van der Waals surface area contributed by atoms with Crippen LogP contribution in [0.25, 0.3) is 0 Å². The first-order valence-electron chi connectivity index (χ1n) is 4.37. The largest absolute Gasteiger partial charge is 0.292 e. The van der Waals surface area contributed by atoms with Crippen molar-refractivity contribution in [3.05, 3.63) is 24.3 Å². The Morgan fingerprint density at radius 1 is 1.50 bits per heavy atom. The van der Waals surface area contributed by atoms with Gasteiger partial charge in [-0.05, 0) is 32.5 Å². The molecule has 1 fully saturated rings. The lowest BCUT2D eigenvalue weighted by atomic mass is 9.87. The minimum Gasteiger partial charge on any atom is -0.292 e. The molecule has 1 heterocycles. The molecular weight excluding hydrogens is 150 g/mol. The summed E-state index contributed by atoms with van der Waals surface area (Å²) < 4.78 is 0. The van der Waals surface area contributed by atoms with Gasteiger partial charge in [0.05, 0.1) is 0 Å². The predicted molar refractivity (Wildman–Crippen MR) is 47.9 cm³/mol. The van der Waals surface area contributed by atoms with Gasteiger partial charge in [-0.15, -0.1) is 0 Å². The second kappa shape index (κ2) is 2.56. The Labute approximate surface area is 72.6 Å². The summed E-state index contributed by atoms with van der Waals surface area (Å²) in [6.45, 7) is 1.03. The van der Waals surface area contributed by atoms with Gasteiger partial charge in [0.1, 0.15) is 5.54 Å². The van der Waals surface area contributed by atoms with Gasteiger partial charge in [-0.1, -0.05) is 18.2 Å². The lowest BCUT2D eigenvalue weighted by Gasteiger charge is -2.31. The van der Waals surface area contributed by atoms with Crippen molar-refractivity contribution in [3.63, 3.8) is 0 Å². The van der Waals surface area contributed by atoms with E-state index in [4.69, 9.17) is 0 Å². The summed E-state index contributed by atoms with van der Waals surface area (Å²) >= 11 is 0. The van der Waals surface area contributed by atoms with Crippen LogP contribution >= 0.6 is 0 Å². The minimum absolute atomic E-state index is 0.241. The molecule has 2 aliphatic rings. The number of hydrogen-bond acceptors (Lipinski definition) is 2. The molecule has 2 nitrogen and oxygen atoms in total. The Kier molecular flexibility index (Phi) is 1.65. The highest BCUT2D eigenvalue weighted by Gasteiger charge is 2.42. The van der Waals surface area contributed by atoms with Gasteiger partial charge in [-0.2, -0.15) is 0 Å². The summed E-state index contributed by atoms with van der Waals surface area (Å²) in [6, 6.07) is 0. The molecule has 12 heavy (non-hydrogen) atoms. The van der Waals surface area contributed by atoms with Gasteiger partial charge in [0, 0.05) is 0 Å². The average molecular weight is 163 g/mol. The Bertz CT molecular complexity index is 267. The van der Waals surface area contributed by atoms with E-state index in [0.29, 0.717) is 0 Å². The van der Waals surface area contributed by atoms with Crippen molar-refractivity contribution in [3.8, 4) is 0 Å². The molecule has 0 aromatic heterocycles. The van der Waals surface area contributed by atoms with E-state index in [1.165, 1.54) is 0 Å². The van der Waals surface area contributed by atoms with Crippen molar-refractivity contribution >= 4 is 5.78 Å². The third-order valence-electron chi connectivity index (χ3n) is 2.89. The lowest BCUT2D eigenvalue weighted by Crippen LogP contribution is -2.46. The van der Waals surface area contributed by atoms with Crippen molar-refractivity contribution in [1.82, 2.24) is 4.90 Å². The molecule has 1 saturated heterocycles. The molecule has 0 amide bonds. The van der Waals surface area contributed by atoms with Crippen LogP contribution in [0.4, 0.5) is 0 Å². The Balaban J connectivity index is 2.36. The Hall–Kier alpha value is -0.890. The van der Waals surface area contributed by atoms with Gasteiger partial charge in [0.25, 0.3) is 0 Å². The van der Waals surface area contributed by atoms with Gasteiger partial charge in [-0.3, -0.25) is 9.69 Å². The van der Waals surface area contributed by atoms with Crippen LogP contribution in [0.5, 0.6) is 0 Å². The number of carbonyl (C=O) groups is 1. The number of likely N-dealkylation sites (tertiary alicyclic amines) is 1. The summed E-state index contributed by atoms with van der Waals surface area (Å²) in [5.74, 6) is 0.241. The predicted octanol–water partition coefficient (Wildman–Crippen LogP) is 1.15. The third kappa shape index (κ3) is 0.879. The van der Waals surface area contributed by atoms with Gasteiger partial charge < -0.3 is 0 Å². The van der Waals surface area contributed by atoms with Crippen molar-refractivity contribution in [2.24, 2.45) is 0 Å². The molecule has 64 valence electrons. The van der Waals surface area contributed by atoms with E-state index in [9.17, 15) is 4.79 Å². The number of hydrogen-bond donors (Lipinski definition) is 0. The second-order valence-corrected chi connectivity index (χ2v) is 3.53. The van der Waals surface area contributed by atoms with Crippen LogP contribution in [0, 0.1) is 0 Å². The number of allylic oxidation sites excluding steroid dienone is 2. The molecular formula is C10H13NO. The average Bonchev–Trinajstić information content (AvgIpc) is 2.41. The van der Waals surface area contributed by atoms with Crippen LogP contribution in [-0.4, -0.2) is 29.8 Å². The second-order valence-electron chi connectivity index (χ2n) is 3.53. The molecule has 1 aliphatic heterocycles. The topological polar surface area (TPSA) is 20.3 Å². The molecule has 1 atom stereocenters. The maximum absolute atomic E-state index is 11.6. The maximum atomic E-state index is 11.6. The molecule has 1 aliphatic carbocycles. The summed E-state index contributed by atoms with van der Waals surface area (Å²) in [4.78, 5) is 13.8. The monoisotopic (exact) mass is 163 g/mol. The zero-order valence-corrected chi connectivity index (χ0v) is 7.29. The number of likely N-dealkylation sites (N-methyl/N-ethyl adjacent to an activating group) is 1. The highest BCUT2D eigenvalue weighted by atomic mass is 16.1. The first kappa shape index (κ1) is 7.74. The highest BCUT2D eigenvalue weighted by molar-refractivity contribution is 6.01. The van der Waals surface area contributed by atoms with Crippen LogP contribution < -0.4 is 0 Å². The molecule has 0 radical (unpaired) electrons. The fourth-order valence-electron chi connectivity index (χ4n) is 2.08. The Morgan fingerprint density at radius 3 is 2.92 bits per heavy atom. The van der Waals surface area contributed by atoms with Gasteiger partial charge in [0.15, 0.2) is 5.78 Å². The smallest absolute Gasteiger partial charge is 0.179 e. The van der Waals surface area contributed by atoms with E-state index in [0.717, 1.165) is 19.4 Å². The van der Waals surface area contributed by atoms with Gasteiger partial charge in [-0.25, -0.2) is 0 Å². The molecule has 2 heteroatoms. The lowest BCUT2D eigenvalue weighted by molar-refractivity contribution is -0.121. The normalized spacial score (nSPS) is 35.2. The van der Waals surface area contributed by atoms with Gasteiger partial charge >= 0.3 is 0 Å². The van der Waals surface area contributed by atoms with E-state index in [1.807, 2.05) is 25.3 Å². The van der Waals surface area contributed by atoms with E-state index in [1.54, 1.807) is 6.08 Å². The molecule has 0 N–H and O–H groups in total. The summed E-state index contributed by atoms with van der Waals surface area (Å²) in [7, 11) is 2.02. The van der Waals surface area contributed by atoms with Crippen LogP contribution in [0.2, 0.25) is 0 Å². The fraction of sp³-hybridized carbons (Fsp3) is 0.500. The fourth-order valence-corrected chi connectivity index (χ4v) is 2.08. The van der Waals surface area contributed by atoms with Crippen LogP contribution in [0.3, 0.4) is 0 Å². The SMILES string of the molecule is CN1CCCC12C=CC=CC2=O. The van der Waals surface area contributed by atoms with E-state index in [-0.39, 0.29) is 11.3 Å². The number of ketones is 1. The van der Waals surface area contributed by atoms with Crippen molar-refractivity contribution in [1.29, 1.82) is 0 Å². The highest BCUT2D eigenvalue weighted by Crippen LogP contribution is 2.32. The number of rotatable bonds is 0. The quantitative estimate of drug-likeness (QED) is 0.534. The van der Waals surface area contributed by atoms with E-state index < -0.39 is 0 Å². The van der Waals surface area contributed by atoms with E-state index in [2.05, 4.69) is 4.90 Å². The molecule has 0 aromatic rings. The van der Waals surface area contributed by atoms with Crippen LogP contribution in [0.1, 0.15) is 12.8 Å². The van der Waals surface area contributed by atoms with E-state index >= 15 is 0 Å². The maximum Gasteiger partial charge on any atom is 0.179 e. The molecule has 1 spiro atoms. The molecule has 0 aromatic carbocycles. The summed E-state index contributed by atoms with van der Waals surface area (Å²) in [6.07, 6.45) is 9.61. The van der Waals surface area contributed by atoms with Crippen molar-refractivity contribution in [2.45, 2.75) is 18.4 Å². The molecule has 0 saturated carbocycles. The standard InChI is InChI=1S/C10H13NO/c1-11-8-4-7-10(11)6-3-2-5-9(10)12/h2-3,5-6H,4,7-8H2,1H3. The molecule has 2 rings (SSSR count). The first-order chi connectivity index (χ1) is 5.76. The zero-order valence-electron chi connectivity index (χ0n) is 7.29. The molecule has 0 bridgehead atoms. The third-order valence-corrected chi connectivity index (χ3v) is 2.89. The molecule has 1 unspecified atom stereocenters.